The van der Waals surface area contributed by atoms with E-state index in [0.717, 1.165) is 25.9 Å². The maximum Gasteiger partial charge on any atom is 0.311 e. The van der Waals surface area contributed by atoms with Crippen molar-refractivity contribution in [1.29, 1.82) is 0 Å². The van der Waals surface area contributed by atoms with Gasteiger partial charge < -0.3 is 14.8 Å². The Morgan fingerprint density at radius 2 is 2.19 bits per heavy atom. The maximum atomic E-state index is 11.9. The highest BCUT2D eigenvalue weighted by atomic mass is 16.6. The predicted molar refractivity (Wildman–Crippen MR) is 62.2 cm³/mol. The molecule has 1 aliphatic heterocycles. The first kappa shape index (κ1) is 13.5. The normalized spacial score (nSPS) is 21.8. The molecule has 1 aliphatic rings. The summed E-state index contributed by atoms with van der Waals surface area (Å²) in [6.45, 7) is 6.72. The first-order valence-electron chi connectivity index (χ1n) is 5.96. The number of hydrogen-bond donors (Lipinski definition) is 1. The van der Waals surface area contributed by atoms with Gasteiger partial charge in [0.2, 0.25) is 0 Å². The molecule has 1 unspecified atom stereocenters. The smallest absolute Gasteiger partial charge is 0.311 e. The summed E-state index contributed by atoms with van der Waals surface area (Å²) in [6.07, 6.45) is 2.23. The van der Waals surface area contributed by atoms with Crippen LogP contribution in [0.15, 0.2) is 0 Å². The Bertz CT molecular complexity index is 222. The Labute approximate surface area is 97.7 Å². The zero-order valence-electron chi connectivity index (χ0n) is 10.5. The zero-order valence-corrected chi connectivity index (χ0v) is 10.5. The van der Waals surface area contributed by atoms with Gasteiger partial charge in [0.15, 0.2) is 0 Å². The van der Waals surface area contributed by atoms with Gasteiger partial charge >= 0.3 is 5.97 Å². The molecule has 1 N–H and O–H groups in total. The van der Waals surface area contributed by atoms with Crippen molar-refractivity contribution in [3.8, 4) is 0 Å². The minimum atomic E-state index is -0.402. The van der Waals surface area contributed by atoms with Crippen LogP contribution in [0.25, 0.3) is 0 Å². The first-order chi connectivity index (χ1) is 7.59. The third-order valence-electron chi connectivity index (χ3n) is 3.36. The van der Waals surface area contributed by atoms with E-state index in [1.807, 2.05) is 13.8 Å². The summed E-state index contributed by atoms with van der Waals surface area (Å²) < 4.78 is 10.1. The van der Waals surface area contributed by atoms with Gasteiger partial charge in [-0.1, -0.05) is 0 Å². The summed E-state index contributed by atoms with van der Waals surface area (Å²) in [4.78, 5) is 11.9. The number of hydrogen-bond acceptors (Lipinski definition) is 4. The second-order valence-corrected chi connectivity index (χ2v) is 4.89. The number of rotatable bonds is 5. The summed E-state index contributed by atoms with van der Waals surface area (Å²) in [5.74, 6) is 0.259. The van der Waals surface area contributed by atoms with E-state index in [9.17, 15) is 4.79 Å². The second kappa shape index (κ2) is 6.21. The molecule has 0 aromatic heterocycles. The van der Waals surface area contributed by atoms with E-state index in [-0.39, 0.29) is 5.97 Å². The number of ether oxygens (including phenoxy) is 2. The van der Waals surface area contributed by atoms with Crippen LogP contribution >= 0.6 is 0 Å². The van der Waals surface area contributed by atoms with Crippen LogP contribution in [0.3, 0.4) is 0 Å². The van der Waals surface area contributed by atoms with Gasteiger partial charge in [-0.2, -0.15) is 0 Å². The summed E-state index contributed by atoms with van der Waals surface area (Å²) in [5.41, 5.74) is -0.402. The average molecular weight is 229 g/mol. The molecule has 0 aliphatic carbocycles. The van der Waals surface area contributed by atoms with Crippen LogP contribution in [0.1, 0.15) is 26.7 Å². The lowest BCUT2D eigenvalue weighted by Gasteiger charge is -2.35. The molecule has 0 bridgehead atoms. The molecule has 0 radical (unpaired) electrons. The van der Waals surface area contributed by atoms with E-state index in [4.69, 9.17) is 9.47 Å². The van der Waals surface area contributed by atoms with Crippen molar-refractivity contribution in [2.45, 2.75) is 26.7 Å². The third-order valence-corrected chi connectivity index (χ3v) is 3.36. The lowest BCUT2D eigenvalue weighted by molar-refractivity contribution is -0.158. The van der Waals surface area contributed by atoms with Crippen LogP contribution in [-0.2, 0) is 14.3 Å². The van der Waals surface area contributed by atoms with Crippen molar-refractivity contribution in [1.82, 2.24) is 5.32 Å². The molecule has 0 saturated carbocycles. The first-order valence-corrected chi connectivity index (χ1v) is 5.96. The SMILES string of the molecule is COCCOC(=O)C(C)(C)C1CCCNC1. The van der Waals surface area contributed by atoms with Crippen LogP contribution < -0.4 is 5.32 Å². The monoisotopic (exact) mass is 229 g/mol. The molecular weight excluding hydrogens is 206 g/mol. The lowest BCUT2D eigenvalue weighted by Crippen LogP contribution is -2.43. The Morgan fingerprint density at radius 3 is 2.75 bits per heavy atom. The van der Waals surface area contributed by atoms with Gasteiger partial charge in [-0.15, -0.1) is 0 Å². The molecule has 1 saturated heterocycles. The Hall–Kier alpha value is -0.610. The van der Waals surface area contributed by atoms with Crippen LogP contribution in [-0.4, -0.2) is 39.4 Å². The quantitative estimate of drug-likeness (QED) is 0.568. The van der Waals surface area contributed by atoms with Gasteiger partial charge in [-0.05, 0) is 45.7 Å². The fourth-order valence-electron chi connectivity index (χ4n) is 2.04. The molecule has 0 aromatic rings. The number of carbonyl (C=O) groups is 1. The van der Waals surface area contributed by atoms with Crippen LogP contribution in [0, 0.1) is 11.3 Å². The van der Waals surface area contributed by atoms with Crippen molar-refractivity contribution in [3.63, 3.8) is 0 Å². The minimum Gasteiger partial charge on any atom is -0.463 e. The van der Waals surface area contributed by atoms with Crippen LogP contribution in [0.2, 0.25) is 0 Å². The number of methoxy groups -OCH3 is 1. The standard InChI is InChI=1S/C12H23NO3/c1-12(2,10-5-4-6-13-9-10)11(14)16-8-7-15-3/h10,13H,4-9H2,1-3H3. The van der Waals surface area contributed by atoms with E-state index in [1.165, 1.54) is 0 Å². The topological polar surface area (TPSA) is 47.6 Å². The molecule has 1 rings (SSSR count). The largest absolute Gasteiger partial charge is 0.463 e. The van der Waals surface area contributed by atoms with Crippen LogP contribution in [0.4, 0.5) is 0 Å². The highest BCUT2D eigenvalue weighted by Gasteiger charge is 2.38. The number of nitrogens with one attached hydrogen (secondary N) is 1. The average Bonchev–Trinajstić information content (AvgIpc) is 2.30. The highest BCUT2D eigenvalue weighted by molar-refractivity contribution is 5.76. The molecule has 1 fully saturated rings. The van der Waals surface area contributed by atoms with E-state index in [0.29, 0.717) is 19.1 Å². The van der Waals surface area contributed by atoms with E-state index in [2.05, 4.69) is 5.32 Å². The van der Waals surface area contributed by atoms with Crippen molar-refractivity contribution >= 4 is 5.97 Å². The van der Waals surface area contributed by atoms with Gasteiger partial charge in [0.25, 0.3) is 0 Å². The lowest BCUT2D eigenvalue weighted by atomic mass is 9.75. The number of esters is 1. The molecular formula is C12H23NO3. The molecule has 16 heavy (non-hydrogen) atoms. The maximum absolute atomic E-state index is 11.9. The number of carbonyl (C=O) groups excluding carboxylic acids is 1. The molecule has 1 heterocycles. The van der Waals surface area contributed by atoms with Crippen molar-refractivity contribution in [2.75, 3.05) is 33.4 Å². The molecule has 0 amide bonds. The Kier molecular flexibility index (Phi) is 5.22. The Morgan fingerprint density at radius 1 is 1.44 bits per heavy atom. The highest BCUT2D eigenvalue weighted by Crippen LogP contribution is 2.32. The Balaban J connectivity index is 2.43. The summed E-state index contributed by atoms with van der Waals surface area (Å²) in [5, 5.41) is 3.33. The van der Waals surface area contributed by atoms with Crippen LogP contribution in [0.5, 0.6) is 0 Å². The summed E-state index contributed by atoms with van der Waals surface area (Å²) >= 11 is 0. The molecule has 0 spiro atoms. The zero-order chi connectivity index (χ0) is 12.0. The fourth-order valence-corrected chi connectivity index (χ4v) is 2.04. The molecule has 1 atom stereocenters. The van der Waals surface area contributed by atoms with Gasteiger partial charge in [0, 0.05) is 7.11 Å². The molecule has 4 nitrogen and oxygen atoms in total. The van der Waals surface area contributed by atoms with E-state index < -0.39 is 5.41 Å². The van der Waals surface area contributed by atoms with Crippen molar-refractivity contribution in [2.24, 2.45) is 11.3 Å². The fraction of sp³-hybridized carbons (Fsp3) is 0.917. The minimum absolute atomic E-state index is 0.113. The van der Waals surface area contributed by atoms with Gasteiger partial charge in [0.1, 0.15) is 6.61 Å². The molecule has 94 valence electrons. The van der Waals surface area contributed by atoms with Gasteiger partial charge in [0.05, 0.1) is 12.0 Å². The van der Waals surface area contributed by atoms with Crippen molar-refractivity contribution < 1.29 is 14.3 Å². The van der Waals surface area contributed by atoms with E-state index >= 15 is 0 Å². The second-order valence-electron chi connectivity index (χ2n) is 4.89. The van der Waals surface area contributed by atoms with Gasteiger partial charge in [-0.3, -0.25) is 4.79 Å². The van der Waals surface area contributed by atoms with Crippen molar-refractivity contribution in [3.05, 3.63) is 0 Å². The summed E-state index contributed by atoms with van der Waals surface area (Å²) in [7, 11) is 1.60. The predicted octanol–water partition coefficient (Wildman–Crippen LogP) is 1.20. The molecule has 0 aromatic carbocycles. The summed E-state index contributed by atoms with van der Waals surface area (Å²) in [6, 6.07) is 0. The number of piperidine rings is 1. The van der Waals surface area contributed by atoms with Gasteiger partial charge in [-0.25, -0.2) is 0 Å². The third kappa shape index (κ3) is 3.46. The van der Waals surface area contributed by atoms with E-state index in [1.54, 1.807) is 7.11 Å². The molecule has 4 heteroatoms.